The highest BCUT2D eigenvalue weighted by atomic mass is 79.9. The molecule has 0 rings (SSSR count). The molecule has 0 saturated carbocycles. The number of nitrogens with zero attached hydrogens (tertiary/aromatic N) is 1. The van der Waals surface area contributed by atoms with Crippen molar-refractivity contribution in [1.82, 2.24) is 4.90 Å². The topological polar surface area (TPSA) is 67.9 Å². The van der Waals surface area contributed by atoms with Gasteiger partial charge in [-0.2, -0.15) is 0 Å². The number of hydrogen-bond acceptors (Lipinski definition) is 8. The van der Waals surface area contributed by atoms with Crippen LogP contribution in [0.4, 0.5) is 0 Å². The zero-order valence-electron chi connectivity index (χ0n) is 17.0. The maximum Gasteiger partial charge on any atom is 0.0701 e. The molecule has 0 atom stereocenters. The van der Waals surface area contributed by atoms with E-state index in [-0.39, 0.29) is 0 Å². The van der Waals surface area contributed by atoms with E-state index < -0.39 is 0 Å². The molecule has 9 heteroatoms. The van der Waals surface area contributed by atoms with Crippen LogP contribution in [-0.4, -0.2) is 123 Å². The summed E-state index contributed by atoms with van der Waals surface area (Å²) in [7, 11) is 4.05. The van der Waals surface area contributed by atoms with Gasteiger partial charge >= 0.3 is 0 Å². The van der Waals surface area contributed by atoms with Crippen molar-refractivity contribution >= 4 is 15.9 Å². The highest BCUT2D eigenvalue weighted by Crippen LogP contribution is 1.86. The number of halogens is 1. The molecule has 0 amide bonds. The molecule has 0 radical (unpaired) electrons. The molecule has 0 N–H and O–H groups in total. The standard InChI is InChI=1S/C18H38BrNO7/c1-20(2)4-6-22-8-10-24-12-14-26-16-18-27-17-15-25-13-11-23-9-7-21-5-3-19/h3-18H2,1-2H3. The molecule has 0 aliphatic rings. The molecular formula is C18H38BrNO7. The number of hydrogen-bond donors (Lipinski definition) is 0. The smallest absolute Gasteiger partial charge is 0.0701 e. The van der Waals surface area contributed by atoms with Gasteiger partial charge in [0.05, 0.1) is 92.5 Å². The van der Waals surface area contributed by atoms with Gasteiger partial charge in [-0.1, -0.05) is 15.9 Å². The molecule has 0 fully saturated rings. The second-order valence-corrected chi connectivity index (χ2v) is 6.57. The van der Waals surface area contributed by atoms with Crippen molar-refractivity contribution in [2.75, 3.05) is 118 Å². The van der Waals surface area contributed by atoms with Gasteiger partial charge in [-0.3, -0.25) is 0 Å². The van der Waals surface area contributed by atoms with E-state index in [2.05, 4.69) is 20.8 Å². The van der Waals surface area contributed by atoms with Gasteiger partial charge < -0.3 is 38.1 Å². The van der Waals surface area contributed by atoms with E-state index in [1.54, 1.807) is 0 Å². The van der Waals surface area contributed by atoms with Crippen molar-refractivity contribution in [2.45, 2.75) is 0 Å². The third-order valence-electron chi connectivity index (χ3n) is 3.14. The average Bonchev–Trinajstić information content (AvgIpc) is 2.65. The van der Waals surface area contributed by atoms with Crippen LogP contribution < -0.4 is 0 Å². The fourth-order valence-electron chi connectivity index (χ4n) is 1.72. The molecule has 0 aromatic rings. The first-order chi connectivity index (χ1) is 13.3. The molecule has 0 aliphatic heterocycles. The normalized spacial score (nSPS) is 11.6. The minimum absolute atomic E-state index is 0.554. The zero-order chi connectivity index (χ0) is 19.8. The number of alkyl halides is 1. The Morgan fingerprint density at radius 1 is 0.444 bits per heavy atom. The van der Waals surface area contributed by atoms with Crippen LogP contribution in [0.1, 0.15) is 0 Å². The summed E-state index contributed by atoms with van der Waals surface area (Å²) in [4.78, 5) is 2.09. The first-order valence-corrected chi connectivity index (χ1v) is 10.6. The minimum Gasteiger partial charge on any atom is -0.378 e. The van der Waals surface area contributed by atoms with E-state index >= 15 is 0 Å². The Bertz CT molecular complexity index is 276. The molecule has 0 unspecified atom stereocenters. The predicted octanol–water partition coefficient (Wildman–Crippen LogP) is 1.06. The summed E-state index contributed by atoms with van der Waals surface area (Å²) >= 11 is 3.29. The lowest BCUT2D eigenvalue weighted by Crippen LogP contribution is -2.19. The van der Waals surface area contributed by atoms with Crippen molar-refractivity contribution < 1.29 is 33.2 Å². The molecule has 0 saturated heterocycles. The number of likely N-dealkylation sites (N-methyl/N-ethyl adjacent to an activating group) is 1. The molecule has 8 nitrogen and oxygen atoms in total. The summed E-state index contributed by atoms with van der Waals surface area (Å²) in [6.07, 6.45) is 0. The van der Waals surface area contributed by atoms with E-state index in [1.165, 1.54) is 0 Å². The van der Waals surface area contributed by atoms with E-state index in [0.29, 0.717) is 85.9 Å². The number of rotatable bonds is 23. The lowest BCUT2D eigenvalue weighted by atomic mass is 10.6. The van der Waals surface area contributed by atoms with Gasteiger partial charge in [0, 0.05) is 11.9 Å². The van der Waals surface area contributed by atoms with Gasteiger partial charge in [0.25, 0.3) is 0 Å². The van der Waals surface area contributed by atoms with Crippen LogP contribution in [0.3, 0.4) is 0 Å². The largest absolute Gasteiger partial charge is 0.378 e. The first-order valence-electron chi connectivity index (χ1n) is 9.52. The van der Waals surface area contributed by atoms with Gasteiger partial charge in [0.15, 0.2) is 0 Å². The summed E-state index contributed by atoms with van der Waals surface area (Å²) in [6, 6.07) is 0. The molecular weight excluding hydrogens is 422 g/mol. The molecule has 0 heterocycles. The van der Waals surface area contributed by atoms with Crippen LogP contribution in [0, 0.1) is 0 Å². The van der Waals surface area contributed by atoms with E-state index in [4.69, 9.17) is 33.2 Å². The maximum absolute atomic E-state index is 5.42. The summed E-state index contributed by atoms with van der Waals surface area (Å²) in [5, 5.41) is 0.849. The zero-order valence-corrected chi connectivity index (χ0v) is 18.6. The Morgan fingerprint density at radius 3 is 0.963 bits per heavy atom. The second kappa shape index (κ2) is 24.2. The van der Waals surface area contributed by atoms with Gasteiger partial charge in [0.2, 0.25) is 0 Å². The van der Waals surface area contributed by atoms with Gasteiger partial charge in [0.1, 0.15) is 0 Å². The Labute approximate surface area is 172 Å². The van der Waals surface area contributed by atoms with Gasteiger partial charge in [-0.05, 0) is 14.1 Å². The quantitative estimate of drug-likeness (QED) is 0.166. The molecule has 164 valence electrons. The summed E-state index contributed by atoms with van der Waals surface area (Å²) < 4.78 is 37.7. The Balaban J connectivity index is 2.97. The lowest BCUT2D eigenvalue weighted by Gasteiger charge is -2.10. The third kappa shape index (κ3) is 26.2. The van der Waals surface area contributed by atoms with Crippen molar-refractivity contribution in [2.24, 2.45) is 0 Å². The van der Waals surface area contributed by atoms with Crippen LogP contribution in [0.25, 0.3) is 0 Å². The summed E-state index contributed by atoms with van der Waals surface area (Å²) in [5.41, 5.74) is 0. The molecule has 0 spiro atoms. The van der Waals surface area contributed by atoms with Crippen molar-refractivity contribution in [3.05, 3.63) is 0 Å². The highest BCUT2D eigenvalue weighted by molar-refractivity contribution is 9.09. The Hall–Kier alpha value is 0.160. The second-order valence-electron chi connectivity index (χ2n) is 5.78. The molecule has 0 aliphatic carbocycles. The average molecular weight is 460 g/mol. The molecule has 27 heavy (non-hydrogen) atoms. The van der Waals surface area contributed by atoms with Crippen LogP contribution in [0.5, 0.6) is 0 Å². The van der Waals surface area contributed by atoms with Crippen LogP contribution in [-0.2, 0) is 33.2 Å². The maximum atomic E-state index is 5.42. The van der Waals surface area contributed by atoms with E-state index in [9.17, 15) is 0 Å². The predicted molar refractivity (Wildman–Crippen MR) is 108 cm³/mol. The first kappa shape index (κ1) is 27.2. The minimum atomic E-state index is 0.554. The number of ether oxygens (including phenoxy) is 7. The van der Waals surface area contributed by atoms with Crippen molar-refractivity contribution in [3.63, 3.8) is 0 Å². The van der Waals surface area contributed by atoms with Crippen molar-refractivity contribution in [1.29, 1.82) is 0 Å². The van der Waals surface area contributed by atoms with E-state index in [1.807, 2.05) is 14.1 Å². The third-order valence-corrected chi connectivity index (χ3v) is 3.46. The fourth-order valence-corrected chi connectivity index (χ4v) is 1.95. The van der Waals surface area contributed by atoms with Crippen LogP contribution in [0.2, 0.25) is 0 Å². The Morgan fingerprint density at radius 2 is 0.704 bits per heavy atom. The Kier molecular flexibility index (Phi) is 24.3. The molecule has 0 aromatic carbocycles. The highest BCUT2D eigenvalue weighted by Gasteiger charge is 1.95. The summed E-state index contributed by atoms with van der Waals surface area (Å²) in [6.45, 7) is 9.28. The van der Waals surface area contributed by atoms with Crippen LogP contribution in [0.15, 0.2) is 0 Å². The van der Waals surface area contributed by atoms with Gasteiger partial charge in [-0.15, -0.1) is 0 Å². The van der Waals surface area contributed by atoms with Crippen molar-refractivity contribution in [3.8, 4) is 0 Å². The molecule has 0 aromatic heterocycles. The van der Waals surface area contributed by atoms with E-state index in [0.717, 1.165) is 18.5 Å². The van der Waals surface area contributed by atoms with Gasteiger partial charge in [-0.25, -0.2) is 0 Å². The van der Waals surface area contributed by atoms with Crippen LogP contribution >= 0.6 is 15.9 Å². The SMILES string of the molecule is CN(C)CCOCCOCCOCCOCCOCCOCCOCCBr. The monoisotopic (exact) mass is 459 g/mol. The molecule has 0 bridgehead atoms. The fraction of sp³-hybridized carbons (Fsp3) is 1.00. The summed E-state index contributed by atoms with van der Waals surface area (Å²) in [5.74, 6) is 0. The lowest BCUT2D eigenvalue weighted by molar-refractivity contribution is -0.0203.